The van der Waals surface area contributed by atoms with Crippen LogP contribution in [0.2, 0.25) is 0 Å². The quantitative estimate of drug-likeness (QED) is 0.776. The minimum Gasteiger partial charge on any atom is -0.360 e. The number of nitrogens with one attached hydrogen (secondary N) is 2. The molecular formula is C10H16N4OS. The first kappa shape index (κ1) is 11.3. The number of rotatable bonds is 3. The van der Waals surface area contributed by atoms with E-state index in [-0.39, 0.29) is 0 Å². The molecule has 0 radical (unpaired) electrons. The summed E-state index contributed by atoms with van der Waals surface area (Å²) in [7, 11) is 0. The summed E-state index contributed by atoms with van der Waals surface area (Å²) in [6.07, 6.45) is 5.01. The largest absolute Gasteiger partial charge is 0.360 e. The molecule has 1 aliphatic rings. The Labute approximate surface area is 100.0 Å². The van der Waals surface area contributed by atoms with Crippen molar-refractivity contribution in [2.75, 3.05) is 0 Å². The molecule has 2 N–H and O–H groups in total. The van der Waals surface area contributed by atoms with Crippen LogP contribution >= 0.6 is 12.2 Å². The lowest BCUT2D eigenvalue weighted by molar-refractivity contribution is 0.371. The Morgan fingerprint density at radius 1 is 1.50 bits per heavy atom. The van der Waals surface area contributed by atoms with Gasteiger partial charge in [-0.25, -0.2) is 0 Å². The summed E-state index contributed by atoms with van der Waals surface area (Å²) in [4.78, 5) is 4.09. The molecule has 2 rings (SSSR count). The van der Waals surface area contributed by atoms with E-state index >= 15 is 0 Å². The Kier molecular flexibility index (Phi) is 3.71. The predicted molar refractivity (Wildman–Crippen MR) is 63.9 cm³/mol. The molecule has 0 aliphatic heterocycles. The lowest BCUT2D eigenvalue weighted by Crippen LogP contribution is -2.40. The zero-order valence-corrected chi connectivity index (χ0v) is 10.1. The van der Waals surface area contributed by atoms with Gasteiger partial charge < -0.3 is 15.2 Å². The van der Waals surface area contributed by atoms with E-state index < -0.39 is 0 Å². The highest BCUT2D eigenvalue weighted by atomic mass is 32.1. The molecule has 6 heteroatoms. The van der Waals surface area contributed by atoms with Gasteiger partial charge in [0.1, 0.15) is 0 Å². The van der Waals surface area contributed by atoms with Crippen molar-refractivity contribution < 1.29 is 4.52 Å². The minimum absolute atomic E-state index is 0.486. The molecule has 1 saturated carbocycles. The van der Waals surface area contributed by atoms with E-state index in [4.69, 9.17) is 16.7 Å². The second-order valence-electron chi connectivity index (χ2n) is 4.04. The first-order valence-corrected chi connectivity index (χ1v) is 5.98. The molecule has 0 aromatic carbocycles. The van der Waals surface area contributed by atoms with Crippen LogP contribution < -0.4 is 10.6 Å². The molecule has 0 spiro atoms. The Bertz CT molecular complexity index is 359. The highest BCUT2D eigenvalue weighted by molar-refractivity contribution is 7.80. The van der Waals surface area contributed by atoms with Gasteiger partial charge >= 0.3 is 0 Å². The van der Waals surface area contributed by atoms with Gasteiger partial charge in [-0.15, -0.1) is 0 Å². The topological polar surface area (TPSA) is 63.0 Å². The Balaban J connectivity index is 1.71. The molecule has 0 unspecified atom stereocenters. The fourth-order valence-electron chi connectivity index (χ4n) is 1.87. The highest BCUT2D eigenvalue weighted by Gasteiger charge is 2.15. The van der Waals surface area contributed by atoms with E-state index in [0.29, 0.717) is 29.4 Å². The summed E-state index contributed by atoms with van der Waals surface area (Å²) in [5, 5.41) is 10.7. The van der Waals surface area contributed by atoms with Gasteiger partial charge in [0.05, 0.1) is 6.54 Å². The van der Waals surface area contributed by atoms with Gasteiger partial charge in [-0.2, -0.15) is 4.98 Å². The van der Waals surface area contributed by atoms with Crippen LogP contribution in [0.25, 0.3) is 0 Å². The average molecular weight is 240 g/mol. The maximum absolute atomic E-state index is 5.18. The molecule has 16 heavy (non-hydrogen) atoms. The zero-order chi connectivity index (χ0) is 11.4. The van der Waals surface area contributed by atoms with Crippen molar-refractivity contribution in [1.29, 1.82) is 0 Å². The fraction of sp³-hybridized carbons (Fsp3) is 0.700. The van der Waals surface area contributed by atoms with Crippen molar-refractivity contribution >= 4 is 17.3 Å². The number of nitrogens with zero attached hydrogens (tertiary/aromatic N) is 2. The number of hydrogen-bond acceptors (Lipinski definition) is 4. The molecule has 0 amide bonds. The Morgan fingerprint density at radius 3 is 2.88 bits per heavy atom. The van der Waals surface area contributed by atoms with E-state index in [2.05, 4.69) is 20.8 Å². The third kappa shape index (κ3) is 3.16. The summed E-state index contributed by atoms with van der Waals surface area (Å²) in [6, 6.07) is 0.532. The number of aryl methyl sites for hydroxylation is 1. The second kappa shape index (κ2) is 5.25. The minimum atomic E-state index is 0.486. The molecule has 1 fully saturated rings. The maximum atomic E-state index is 5.18. The van der Waals surface area contributed by atoms with Crippen LogP contribution in [0.5, 0.6) is 0 Å². The summed E-state index contributed by atoms with van der Waals surface area (Å²) in [6.45, 7) is 2.28. The molecule has 5 nitrogen and oxygen atoms in total. The molecule has 0 atom stereocenters. The van der Waals surface area contributed by atoms with Gasteiger partial charge in [-0.05, 0) is 32.0 Å². The van der Waals surface area contributed by atoms with Crippen LogP contribution in [0.15, 0.2) is 4.52 Å². The normalized spacial score (nSPS) is 16.3. The van der Waals surface area contributed by atoms with Crippen LogP contribution in [0, 0.1) is 6.92 Å². The number of aromatic nitrogens is 2. The Morgan fingerprint density at radius 2 is 2.25 bits per heavy atom. The third-order valence-electron chi connectivity index (χ3n) is 2.66. The number of thiocarbonyl (C=S) groups is 1. The van der Waals surface area contributed by atoms with Gasteiger partial charge in [0.15, 0.2) is 10.9 Å². The second-order valence-corrected chi connectivity index (χ2v) is 4.45. The van der Waals surface area contributed by atoms with Crippen LogP contribution in [-0.2, 0) is 6.54 Å². The van der Waals surface area contributed by atoms with Crippen molar-refractivity contribution in [3.63, 3.8) is 0 Å². The van der Waals surface area contributed by atoms with Gasteiger partial charge in [0.2, 0.25) is 5.89 Å². The summed E-state index contributed by atoms with van der Waals surface area (Å²) >= 11 is 5.18. The molecular weight excluding hydrogens is 224 g/mol. The highest BCUT2D eigenvalue weighted by Crippen LogP contribution is 2.17. The first-order chi connectivity index (χ1) is 7.74. The van der Waals surface area contributed by atoms with Crippen LogP contribution in [0.1, 0.15) is 37.4 Å². The van der Waals surface area contributed by atoms with Crippen molar-refractivity contribution in [3.8, 4) is 0 Å². The predicted octanol–water partition coefficient (Wildman–Crippen LogP) is 1.28. The molecule has 1 aromatic heterocycles. The Hall–Kier alpha value is -1.17. The van der Waals surface area contributed by atoms with E-state index in [1.165, 1.54) is 25.7 Å². The van der Waals surface area contributed by atoms with Crippen LogP contribution in [-0.4, -0.2) is 21.3 Å². The number of hydrogen-bond donors (Lipinski definition) is 2. The average Bonchev–Trinajstić information content (AvgIpc) is 2.87. The summed E-state index contributed by atoms with van der Waals surface area (Å²) in [5.74, 6) is 1.21. The molecule has 1 aromatic rings. The zero-order valence-electron chi connectivity index (χ0n) is 9.32. The smallest absolute Gasteiger partial charge is 0.246 e. The standard InChI is InChI=1S/C10H16N4OS/c1-7-12-9(15-14-7)6-11-10(16)13-8-4-2-3-5-8/h8H,2-6H2,1H3,(H2,11,13,16). The fourth-order valence-corrected chi connectivity index (χ4v) is 2.11. The van der Waals surface area contributed by atoms with Crippen LogP contribution in [0.3, 0.4) is 0 Å². The third-order valence-corrected chi connectivity index (χ3v) is 2.92. The van der Waals surface area contributed by atoms with E-state index in [9.17, 15) is 0 Å². The van der Waals surface area contributed by atoms with Crippen LogP contribution in [0.4, 0.5) is 0 Å². The monoisotopic (exact) mass is 240 g/mol. The SMILES string of the molecule is Cc1noc(CNC(=S)NC2CCCC2)n1. The van der Waals surface area contributed by atoms with Crippen molar-refractivity contribution in [2.45, 2.75) is 45.2 Å². The summed E-state index contributed by atoms with van der Waals surface area (Å²) < 4.78 is 4.97. The molecule has 1 heterocycles. The molecule has 0 bridgehead atoms. The van der Waals surface area contributed by atoms with Gasteiger partial charge in [-0.1, -0.05) is 18.0 Å². The lowest BCUT2D eigenvalue weighted by atomic mass is 10.3. The molecule has 0 saturated heterocycles. The maximum Gasteiger partial charge on any atom is 0.246 e. The summed E-state index contributed by atoms with van der Waals surface area (Å²) in [5.41, 5.74) is 0. The van der Waals surface area contributed by atoms with Gasteiger partial charge in [0.25, 0.3) is 0 Å². The first-order valence-electron chi connectivity index (χ1n) is 5.57. The molecule has 88 valence electrons. The van der Waals surface area contributed by atoms with Crippen molar-refractivity contribution in [3.05, 3.63) is 11.7 Å². The van der Waals surface area contributed by atoms with Crippen molar-refractivity contribution in [2.24, 2.45) is 0 Å². The van der Waals surface area contributed by atoms with Gasteiger partial charge in [0, 0.05) is 6.04 Å². The van der Waals surface area contributed by atoms with E-state index in [1.807, 2.05) is 0 Å². The van der Waals surface area contributed by atoms with Crippen molar-refractivity contribution in [1.82, 2.24) is 20.8 Å². The lowest BCUT2D eigenvalue weighted by Gasteiger charge is -2.14. The van der Waals surface area contributed by atoms with Gasteiger partial charge in [-0.3, -0.25) is 0 Å². The van der Waals surface area contributed by atoms with E-state index in [1.54, 1.807) is 6.92 Å². The molecule has 1 aliphatic carbocycles. The van der Waals surface area contributed by atoms with E-state index in [0.717, 1.165) is 0 Å².